The fourth-order valence-corrected chi connectivity index (χ4v) is 4.88. The first-order chi connectivity index (χ1) is 15.5. The van der Waals surface area contributed by atoms with Gasteiger partial charge < -0.3 is 10.4 Å². The summed E-state index contributed by atoms with van der Waals surface area (Å²) >= 11 is 2.81. The number of para-hydroxylation sites is 1. The van der Waals surface area contributed by atoms with Crippen molar-refractivity contribution in [2.24, 2.45) is 4.99 Å². The van der Waals surface area contributed by atoms with Gasteiger partial charge in [-0.25, -0.2) is 9.79 Å². The molecule has 4 rings (SSSR count). The Morgan fingerprint density at radius 3 is 2.47 bits per heavy atom. The van der Waals surface area contributed by atoms with Gasteiger partial charge in [0, 0.05) is 17.0 Å². The molecule has 2 heterocycles. The summed E-state index contributed by atoms with van der Waals surface area (Å²) in [4.78, 5) is 44.2. The summed E-state index contributed by atoms with van der Waals surface area (Å²) in [5.74, 6) is -1.54. The topological polar surface area (TPSA) is 99.1 Å². The molecule has 1 aliphatic rings. The van der Waals surface area contributed by atoms with Crippen LogP contribution < -0.4 is 5.32 Å². The molecule has 7 nitrogen and oxygen atoms in total. The number of rotatable bonds is 6. The molecule has 9 heteroatoms. The summed E-state index contributed by atoms with van der Waals surface area (Å²) in [6, 6.07) is 19.1. The average Bonchev–Trinajstić information content (AvgIpc) is 3.30. The number of carbonyl (C=O) groups excluding carboxylic acids is 2. The number of benzene rings is 2. The standard InChI is InChI=1S/C23H19N3O4S2/c27-20-13-19(21(28)24-17-10-8-15(9-11-17)22(29)30)32-23(25-16-5-2-1-3-6-16)26(20)14-18-7-4-12-31-18/h1-12,19H,13-14H2,(H,24,28)(H,29,30). The number of thioether (sulfide) groups is 1. The lowest BCUT2D eigenvalue weighted by Gasteiger charge is -2.31. The van der Waals surface area contributed by atoms with Crippen LogP contribution in [0.15, 0.2) is 77.1 Å². The number of carboxylic acid groups (broad SMARTS) is 1. The molecule has 0 radical (unpaired) electrons. The van der Waals surface area contributed by atoms with Crippen molar-refractivity contribution in [2.45, 2.75) is 18.2 Å². The van der Waals surface area contributed by atoms with Gasteiger partial charge in [0.05, 0.1) is 17.8 Å². The molecule has 162 valence electrons. The van der Waals surface area contributed by atoms with Crippen LogP contribution in [0.1, 0.15) is 21.7 Å². The van der Waals surface area contributed by atoms with E-state index in [-0.39, 0.29) is 23.8 Å². The van der Waals surface area contributed by atoms with E-state index in [1.807, 2.05) is 47.8 Å². The molecule has 0 spiro atoms. The van der Waals surface area contributed by atoms with E-state index in [1.165, 1.54) is 36.0 Å². The van der Waals surface area contributed by atoms with Gasteiger partial charge in [0.1, 0.15) is 5.25 Å². The predicted molar refractivity (Wildman–Crippen MR) is 126 cm³/mol. The lowest BCUT2D eigenvalue weighted by Crippen LogP contribution is -2.44. The van der Waals surface area contributed by atoms with Crippen molar-refractivity contribution in [2.75, 3.05) is 5.32 Å². The molecule has 1 saturated heterocycles. The maximum atomic E-state index is 13.0. The zero-order valence-electron chi connectivity index (χ0n) is 16.8. The Kier molecular flexibility index (Phi) is 6.67. The van der Waals surface area contributed by atoms with E-state index in [1.54, 1.807) is 16.2 Å². The van der Waals surface area contributed by atoms with Gasteiger partial charge in [-0.2, -0.15) is 0 Å². The molecule has 2 N–H and O–H groups in total. The number of anilines is 1. The molecule has 1 aliphatic heterocycles. The highest BCUT2D eigenvalue weighted by atomic mass is 32.2. The average molecular weight is 466 g/mol. The summed E-state index contributed by atoms with van der Waals surface area (Å²) in [6.07, 6.45) is 0.0445. The number of amides is 2. The SMILES string of the molecule is O=C(O)c1ccc(NC(=O)C2CC(=O)N(Cc3cccs3)C(=Nc3ccccc3)S2)cc1. The van der Waals surface area contributed by atoms with Crippen LogP contribution in [0.2, 0.25) is 0 Å². The van der Waals surface area contributed by atoms with E-state index in [0.717, 1.165) is 4.88 Å². The maximum absolute atomic E-state index is 13.0. The van der Waals surface area contributed by atoms with E-state index in [4.69, 9.17) is 5.11 Å². The number of nitrogens with zero attached hydrogens (tertiary/aromatic N) is 2. The van der Waals surface area contributed by atoms with Gasteiger partial charge in [0.15, 0.2) is 5.17 Å². The summed E-state index contributed by atoms with van der Waals surface area (Å²) < 4.78 is 0. The highest BCUT2D eigenvalue weighted by molar-refractivity contribution is 8.15. The zero-order chi connectivity index (χ0) is 22.5. The van der Waals surface area contributed by atoms with Crippen LogP contribution in [-0.4, -0.2) is 38.2 Å². The van der Waals surface area contributed by atoms with E-state index < -0.39 is 11.2 Å². The number of hydrogen-bond donors (Lipinski definition) is 2. The number of aromatic carboxylic acids is 1. The number of thiophene rings is 1. The molecule has 2 aromatic carbocycles. The fourth-order valence-electron chi connectivity index (χ4n) is 3.09. The predicted octanol–water partition coefficient (Wildman–Crippen LogP) is 4.61. The second-order valence-electron chi connectivity index (χ2n) is 6.97. The third-order valence-electron chi connectivity index (χ3n) is 4.71. The van der Waals surface area contributed by atoms with Crippen LogP contribution in [0, 0.1) is 0 Å². The van der Waals surface area contributed by atoms with Crippen molar-refractivity contribution >= 4 is 57.4 Å². The minimum absolute atomic E-state index is 0.0445. The van der Waals surface area contributed by atoms with Gasteiger partial charge in [-0.05, 0) is 47.8 Å². The lowest BCUT2D eigenvalue weighted by molar-refractivity contribution is -0.129. The van der Waals surface area contributed by atoms with Crippen LogP contribution >= 0.6 is 23.1 Å². The van der Waals surface area contributed by atoms with E-state index in [0.29, 0.717) is 23.1 Å². The van der Waals surface area contributed by atoms with Crippen molar-refractivity contribution in [3.05, 3.63) is 82.6 Å². The van der Waals surface area contributed by atoms with Crippen molar-refractivity contribution in [3.63, 3.8) is 0 Å². The first-order valence-electron chi connectivity index (χ1n) is 9.77. The number of nitrogens with one attached hydrogen (secondary N) is 1. The molecule has 0 aliphatic carbocycles. The minimum Gasteiger partial charge on any atom is -0.478 e. The van der Waals surface area contributed by atoms with Crippen LogP contribution in [0.5, 0.6) is 0 Å². The molecule has 0 saturated carbocycles. The van der Waals surface area contributed by atoms with Crippen LogP contribution in [0.25, 0.3) is 0 Å². The van der Waals surface area contributed by atoms with E-state index in [9.17, 15) is 14.4 Å². The van der Waals surface area contributed by atoms with Gasteiger partial charge in [-0.3, -0.25) is 14.5 Å². The third kappa shape index (κ3) is 5.24. The summed E-state index contributed by atoms with van der Waals surface area (Å²) in [5.41, 5.74) is 1.30. The molecular weight excluding hydrogens is 446 g/mol. The Labute approximate surface area is 192 Å². The maximum Gasteiger partial charge on any atom is 0.335 e. The van der Waals surface area contributed by atoms with Gasteiger partial charge in [0.25, 0.3) is 0 Å². The van der Waals surface area contributed by atoms with Crippen LogP contribution in [-0.2, 0) is 16.1 Å². The Balaban J connectivity index is 1.54. The van der Waals surface area contributed by atoms with Crippen LogP contribution in [0.3, 0.4) is 0 Å². The van der Waals surface area contributed by atoms with Crippen molar-refractivity contribution in [3.8, 4) is 0 Å². The smallest absolute Gasteiger partial charge is 0.335 e. The normalized spacial score (nSPS) is 17.4. The van der Waals surface area contributed by atoms with Crippen LogP contribution in [0.4, 0.5) is 11.4 Å². The number of aliphatic imine (C=N–C) groups is 1. The molecule has 1 fully saturated rings. The Morgan fingerprint density at radius 1 is 1.06 bits per heavy atom. The molecular formula is C23H19N3O4S2. The second-order valence-corrected chi connectivity index (χ2v) is 9.17. The summed E-state index contributed by atoms with van der Waals surface area (Å²) in [5, 5.41) is 13.6. The first kappa shape index (κ1) is 21.8. The van der Waals surface area contributed by atoms with E-state index in [2.05, 4.69) is 10.3 Å². The number of hydrogen-bond acceptors (Lipinski definition) is 6. The molecule has 32 heavy (non-hydrogen) atoms. The molecule has 1 aromatic heterocycles. The highest BCUT2D eigenvalue weighted by Gasteiger charge is 2.36. The number of amidine groups is 1. The first-order valence-corrected chi connectivity index (χ1v) is 11.5. The number of carboxylic acids is 1. The minimum atomic E-state index is -1.04. The molecule has 1 unspecified atom stereocenters. The van der Waals surface area contributed by atoms with Gasteiger partial charge in [0.2, 0.25) is 11.8 Å². The fraction of sp³-hybridized carbons (Fsp3) is 0.130. The van der Waals surface area contributed by atoms with Gasteiger partial charge in [-0.15, -0.1) is 11.3 Å². The highest BCUT2D eigenvalue weighted by Crippen LogP contribution is 2.31. The summed E-state index contributed by atoms with van der Waals surface area (Å²) in [6.45, 7) is 0.403. The molecule has 2 amide bonds. The lowest BCUT2D eigenvalue weighted by atomic mass is 10.2. The monoisotopic (exact) mass is 465 g/mol. The number of carbonyl (C=O) groups is 3. The van der Waals surface area contributed by atoms with E-state index >= 15 is 0 Å². The largest absolute Gasteiger partial charge is 0.478 e. The Morgan fingerprint density at radius 2 is 1.81 bits per heavy atom. The van der Waals surface area contributed by atoms with Crippen molar-refractivity contribution in [1.82, 2.24) is 4.90 Å². The third-order valence-corrected chi connectivity index (χ3v) is 6.76. The molecule has 1 atom stereocenters. The van der Waals surface area contributed by atoms with Gasteiger partial charge in [-0.1, -0.05) is 36.0 Å². The van der Waals surface area contributed by atoms with Crippen molar-refractivity contribution in [1.29, 1.82) is 0 Å². The molecule has 0 bridgehead atoms. The Bertz CT molecular complexity index is 1150. The van der Waals surface area contributed by atoms with Gasteiger partial charge >= 0.3 is 5.97 Å². The quantitative estimate of drug-likeness (QED) is 0.554. The summed E-state index contributed by atoms with van der Waals surface area (Å²) in [7, 11) is 0. The Hall–Kier alpha value is -3.43. The second kappa shape index (κ2) is 9.80. The van der Waals surface area contributed by atoms with Crippen molar-refractivity contribution < 1.29 is 19.5 Å². The molecule has 3 aromatic rings. The zero-order valence-corrected chi connectivity index (χ0v) is 18.4.